The van der Waals surface area contributed by atoms with E-state index in [-0.39, 0.29) is 6.42 Å². The van der Waals surface area contributed by atoms with Crippen LogP contribution in [-0.2, 0) is 17.8 Å². The molecule has 96 valence electrons. The fourth-order valence-electron chi connectivity index (χ4n) is 2.01. The molecular formula is C12H15N3O2S. The minimum atomic E-state index is -0.853. The highest BCUT2D eigenvalue weighted by atomic mass is 32.1. The summed E-state index contributed by atoms with van der Waals surface area (Å²) in [6, 6.07) is 0. The summed E-state index contributed by atoms with van der Waals surface area (Å²) >= 11 is 1.38. The number of rotatable bonds is 4. The van der Waals surface area contributed by atoms with E-state index in [9.17, 15) is 4.79 Å². The van der Waals surface area contributed by atoms with Crippen molar-refractivity contribution in [3.63, 3.8) is 0 Å². The molecule has 0 bridgehead atoms. The molecule has 2 aromatic heterocycles. The number of hydrogen-bond donors (Lipinski definition) is 1. The van der Waals surface area contributed by atoms with Gasteiger partial charge in [0.1, 0.15) is 5.01 Å². The normalized spacial score (nSPS) is 10.8. The Balaban J connectivity index is 2.39. The van der Waals surface area contributed by atoms with Gasteiger partial charge in [0.2, 0.25) is 0 Å². The largest absolute Gasteiger partial charge is 0.481 e. The van der Waals surface area contributed by atoms with Gasteiger partial charge in [-0.15, -0.1) is 11.3 Å². The maximum atomic E-state index is 10.6. The Hall–Kier alpha value is -1.69. The van der Waals surface area contributed by atoms with E-state index in [4.69, 9.17) is 5.11 Å². The average Bonchev–Trinajstić information content (AvgIpc) is 2.83. The number of carboxylic acid groups (broad SMARTS) is 1. The van der Waals surface area contributed by atoms with Gasteiger partial charge in [-0.3, -0.25) is 9.48 Å². The molecule has 0 saturated carbocycles. The molecule has 5 nitrogen and oxygen atoms in total. The standard InChI is InChI=1S/C12H15N3O2S/c1-4-15-8(3)12(7(2)14-15)9-6-18-10(13-9)5-11(16)17/h6H,4-5H2,1-3H3,(H,16,17). The lowest BCUT2D eigenvalue weighted by Gasteiger charge is -1.99. The summed E-state index contributed by atoms with van der Waals surface area (Å²) in [6.45, 7) is 6.82. The van der Waals surface area contributed by atoms with Crippen molar-refractivity contribution in [2.24, 2.45) is 0 Å². The van der Waals surface area contributed by atoms with E-state index in [1.807, 2.05) is 30.8 Å². The van der Waals surface area contributed by atoms with Crippen molar-refractivity contribution >= 4 is 17.3 Å². The molecule has 0 spiro atoms. The molecule has 0 saturated heterocycles. The van der Waals surface area contributed by atoms with Crippen molar-refractivity contribution in [1.29, 1.82) is 0 Å². The highest BCUT2D eigenvalue weighted by Crippen LogP contribution is 2.28. The maximum absolute atomic E-state index is 10.6. The zero-order chi connectivity index (χ0) is 13.3. The Morgan fingerprint density at radius 2 is 2.22 bits per heavy atom. The van der Waals surface area contributed by atoms with Crippen LogP contribution in [0, 0.1) is 13.8 Å². The number of hydrogen-bond acceptors (Lipinski definition) is 4. The van der Waals surface area contributed by atoms with Crippen LogP contribution in [0.4, 0.5) is 0 Å². The van der Waals surface area contributed by atoms with Gasteiger partial charge in [0.15, 0.2) is 0 Å². The van der Waals surface area contributed by atoms with E-state index in [1.165, 1.54) is 11.3 Å². The minimum absolute atomic E-state index is 0.0231. The number of thiazole rings is 1. The molecule has 2 heterocycles. The highest BCUT2D eigenvalue weighted by Gasteiger charge is 2.16. The summed E-state index contributed by atoms with van der Waals surface area (Å²) in [7, 11) is 0. The Bertz CT molecular complexity index is 586. The van der Waals surface area contributed by atoms with Crippen molar-refractivity contribution in [2.75, 3.05) is 0 Å². The van der Waals surface area contributed by atoms with Gasteiger partial charge >= 0.3 is 5.97 Å². The SMILES string of the molecule is CCn1nc(C)c(-c2csc(CC(=O)O)n2)c1C. The van der Waals surface area contributed by atoms with Gasteiger partial charge in [-0.05, 0) is 20.8 Å². The fourth-order valence-corrected chi connectivity index (χ4v) is 2.79. The van der Waals surface area contributed by atoms with E-state index in [0.717, 1.165) is 29.2 Å². The van der Waals surface area contributed by atoms with Crippen molar-refractivity contribution in [3.8, 4) is 11.3 Å². The predicted molar refractivity (Wildman–Crippen MR) is 69.8 cm³/mol. The molecule has 2 aromatic rings. The van der Waals surface area contributed by atoms with Gasteiger partial charge in [0.05, 0.1) is 17.8 Å². The topological polar surface area (TPSA) is 68.0 Å². The van der Waals surface area contributed by atoms with Crippen molar-refractivity contribution < 1.29 is 9.90 Å². The van der Waals surface area contributed by atoms with Crippen molar-refractivity contribution in [3.05, 3.63) is 21.8 Å². The molecule has 1 N–H and O–H groups in total. The zero-order valence-corrected chi connectivity index (χ0v) is 11.4. The Kier molecular flexibility index (Phi) is 3.47. The molecule has 18 heavy (non-hydrogen) atoms. The van der Waals surface area contributed by atoms with E-state index < -0.39 is 5.97 Å². The third kappa shape index (κ3) is 2.28. The van der Waals surface area contributed by atoms with Gasteiger partial charge in [-0.1, -0.05) is 0 Å². The van der Waals surface area contributed by atoms with Crippen LogP contribution in [0.2, 0.25) is 0 Å². The Labute approximate surface area is 109 Å². The fraction of sp³-hybridized carbons (Fsp3) is 0.417. The molecule has 0 aromatic carbocycles. The monoisotopic (exact) mass is 265 g/mol. The second kappa shape index (κ2) is 4.89. The highest BCUT2D eigenvalue weighted by molar-refractivity contribution is 7.10. The number of carboxylic acids is 1. The number of aliphatic carboxylic acids is 1. The molecular weight excluding hydrogens is 250 g/mol. The van der Waals surface area contributed by atoms with E-state index in [0.29, 0.717) is 5.01 Å². The minimum Gasteiger partial charge on any atom is -0.481 e. The van der Waals surface area contributed by atoms with Crippen LogP contribution in [0.15, 0.2) is 5.38 Å². The molecule has 0 aliphatic heterocycles. The summed E-state index contributed by atoms with van der Waals surface area (Å²) in [5, 5.41) is 15.7. The first-order valence-electron chi connectivity index (χ1n) is 5.73. The van der Waals surface area contributed by atoms with Crippen LogP contribution in [0.25, 0.3) is 11.3 Å². The molecule has 0 aliphatic rings. The summed E-state index contributed by atoms with van der Waals surface area (Å²) in [5.41, 5.74) is 3.85. The number of aryl methyl sites for hydroxylation is 2. The van der Waals surface area contributed by atoms with Crippen LogP contribution < -0.4 is 0 Å². The lowest BCUT2D eigenvalue weighted by atomic mass is 10.1. The van der Waals surface area contributed by atoms with Gasteiger partial charge in [-0.2, -0.15) is 5.10 Å². The Morgan fingerprint density at radius 1 is 1.50 bits per heavy atom. The first-order valence-corrected chi connectivity index (χ1v) is 6.61. The van der Waals surface area contributed by atoms with Crippen LogP contribution in [0.5, 0.6) is 0 Å². The van der Waals surface area contributed by atoms with E-state index >= 15 is 0 Å². The van der Waals surface area contributed by atoms with Gasteiger partial charge < -0.3 is 5.11 Å². The summed E-state index contributed by atoms with van der Waals surface area (Å²) in [5.74, 6) is -0.853. The number of aromatic nitrogens is 3. The van der Waals surface area contributed by atoms with Crippen LogP contribution in [0.3, 0.4) is 0 Å². The van der Waals surface area contributed by atoms with E-state index in [2.05, 4.69) is 10.1 Å². The lowest BCUT2D eigenvalue weighted by Crippen LogP contribution is -1.99. The van der Waals surface area contributed by atoms with Gasteiger partial charge in [0, 0.05) is 23.2 Å². The number of nitrogens with zero attached hydrogens (tertiary/aromatic N) is 3. The first-order chi connectivity index (χ1) is 8.52. The third-order valence-electron chi connectivity index (χ3n) is 2.79. The lowest BCUT2D eigenvalue weighted by molar-refractivity contribution is -0.136. The molecule has 0 atom stereocenters. The maximum Gasteiger partial charge on any atom is 0.310 e. The van der Waals surface area contributed by atoms with Crippen LogP contribution >= 0.6 is 11.3 Å². The molecule has 2 rings (SSSR count). The second-order valence-electron chi connectivity index (χ2n) is 4.06. The molecule has 6 heteroatoms. The summed E-state index contributed by atoms with van der Waals surface area (Å²) < 4.78 is 1.93. The first kappa shape index (κ1) is 12.8. The van der Waals surface area contributed by atoms with Crippen molar-refractivity contribution in [2.45, 2.75) is 33.7 Å². The predicted octanol–water partition coefficient (Wildman–Crippen LogP) is 2.27. The third-order valence-corrected chi connectivity index (χ3v) is 3.64. The molecule has 0 unspecified atom stereocenters. The second-order valence-corrected chi connectivity index (χ2v) is 5.00. The molecule has 0 aliphatic carbocycles. The number of carbonyl (C=O) groups is 1. The van der Waals surface area contributed by atoms with Crippen LogP contribution in [-0.4, -0.2) is 25.8 Å². The van der Waals surface area contributed by atoms with Gasteiger partial charge in [0.25, 0.3) is 0 Å². The summed E-state index contributed by atoms with van der Waals surface area (Å²) in [6.07, 6.45) is -0.0231. The summed E-state index contributed by atoms with van der Waals surface area (Å²) in [4.78, 5) is 15.0. The van der Waals surface area contributed by atoms with E-state index in [1.54, 1.807) is 0 Å². The van der Waals surface area contributed by atoms with Crippen molar-refractivity contribution in [1.82, 2.24) is 14.8 Å². The Morgan fingerprint density at radius 3 is 2.78 bits per heavy atom. The van der Waals surface area contributed by atoms with Gasteiger partial charge in [-0.25, -0.2) is 4.98 Å². The molecule has 0 fully saturated rings. The molecule has 0 radical (unpaired) electrons. The average molecular weight is 265 g/mol. The quantitative estimate of drug-likeness (QED) is 0.920. The smallest absolute Gasteiger partial charge is 0.310 e. The zero-order valence-electron chi connectivity index (χ0n) is 10.6. The molecule has 0 amide bonds. The van der Waals surface area contributed by atoms with Crippen LogP contribution in [0.1, 0.15) is 23.3 Å².